The molecule has 0 aliphatic carbocycles. The van der Waals surface area contributed by atoms with Crippen LogP contribution in [-0.4, -0.2) is 38.6 Å². The van der Waals surface area contributed by atoms with Crippen molar-refractivity contribution in [1.29, 1.82) is 0 Å². The molecule has 0 saturated carbocycles. The fourth-order valence-electron chi connectivity index (χ4n) is 1.82. The minimum Gasteiger partial charge on any atom is -0.319 e. The molecule has 1 N–H and O–H groups in total. The molecule has 1 fully saturated rings. The van der Waals surface area contributed by atoms with Crippen molar-refractivity contribution < 1.29 is 0 Å². The van der Waals surface area contributed by atoms with Gasteiger partial charge in [0.1, 0.15) is 0 Å². The van der Waals surface area contributed by atoms with Gasteiger partial charge in [0.2, 0.25) is 0 Å². The van der Waals surface area contributed by atoms with Gasteiger partial charge in [-0.25, -0.2) is 0 Å². The van der Waals surface area contributed by atoms with Crippen LogP contribution in [0, 0.1) is 11.8 Å². The number of rotatable bonds is 2. The first-order valence-electron chi connectivity index (χ1n) is 4.07. The third-order valence-electron chi connectivity index (χ3n) is 2.42. The second-order valence-electron chi connectivity index (χ2n) is 3.52. The van der Waals surface area contributed by atoms with Crippen LogP contribution in [0.15, 0.2) is 0 Å². The number of nitrogens with one attached hydrogen (secondary N) is 1. The molecule has 0 amide bonds. The van der Waals surface area contributed by atoms with Crippen molar-refractivity contribution in [2.24, 2.45) is 11.8 Å². The Kier molecular flexibility index (Phi) is 2.69. The molecule has 2 nitrogen and oxygen atoms in total. The molecule has 0 bridgehead atoms. The summed E-state index contributed by atoms with van der Waals surface area (Å²) < 4.78 is 0. The molecule has 1 saturated heterocycles. The van der Waals surface area contributed by atoms with Gasteiger partial charge < -0.3 is 10.2 Å². The molecule has 2 heteroatoms. The predicted molar refractivity (Wildman–Crippen MR) is 44.1 cm³/mol. The van der Waals surface area contributed by atoms with Gasteiger partial charge in [-0.2, -0.15) is 0 Å². The lowest BCUT2D eigenvalue weighted by atomic mass is 9.98. The Labute approximate surface area is 63.6 Å². The van der Waals surface area contributed by atoms with E-state index in [0.29, 0.717) is 0 Å². The molecule has 2 unspecified atom stereocenters. The highest BCUT2D eigenvalue weighted by molar-refractivity contribution is 4.80. The van der Waals surface area contributed by atoms with Gasteiger partial charge in [0.05, 0.1) is 0 Å². The van der Waals surface area contributed by atoms with Crippen molar-refractivity contribution in [3.8, 4) is 0 Å². The first-order chi connectivity index (χ1) is 4.74. The molecule has 60 valence electrons. The summed E-state index contributed by atoms with van der Waals surface area (Å²) in [5.74, 6) is 1.74. The fraction of sp³-hybridized carbons (Fsp3) is 1.00. The summed E-state index contributed by atoms with van der Waals surface area (Å²) in [7, 11) is 4.23. The highest BCUT2D eigenvalue weighted by atomic mass is 15.1. The van der Waals surface area contributed by atoms with E-state index in [9.17, 15) is 0 Å². The van der Waals surface area contributed by atoms with Gasteiger partial charge >= 0.3 is 0 Å². The summed E-state index contributed by atoms with van der Waals surface area (Å²) in [6.45, 7) is 6.05. The zero-order chi connectivity index (χ0) is 7.56. The summed E-state index contributed by atoms with van der Waals surface area (Å²) >= 11 is 0. The largest absolute Gasteiger partial charge is 0.319 e. The number of hydrogen-bond acceptors (Lipinski definition) is 2. The summed E-state index contributed by atoms with van der Waals surface area (Å²) in [4.78, 5) is 2.41. The lowest BCUT2D eigenvalue weighted by Gasteiger charge is -2.12. The molecule has 1 aliphatic heterocycles. The number of nitrogens with zero attached hydrogens (tertiary/aromatic N) is 1. The SMILES string of the molecule is CNCC1CN(C)CC1C. The van der Waals surface area contributed by atoms with E-state index in [4.69, 9.17) is 0 Å². The van der Waals surface area contributed by atoms with Crippen molar-refractivity contribution in [3.63, 3.8) is 0 Å². The first-order valence-corrected chi connectivity index (χ1v) is 4.07. The Hall–Kier alpha value is -0.0800. The van der Waals surface area contributed by atoms with E-state index in [0.717, 1.165) is 11.8 Å². The van der Waals surface area contributed by atoms with Crippen LogP contribution in [0.2, 0.25) is 0 Å². The maximum atomic E-state index is 3.23. The van der Waals surface area contributed by atoms with Crippen molar-refractivity contribution in [1.82, 2.24) is 10.2 Å². The van der Waals surface area contributed by atoms with E-state index in [1.807, 2.05) is 7.05 Å². The third kappa shape index (κ3) is 1.70. The molecule has 0 aromatic carbocycles. The minimum atomic E-state index is 0.870. The molecule has 0 aromatic heterocycles. The molecule has 0 radical (unpaired) electrons. The Morgan fingerprint density at radius 3 is 2.60 bits per heavy atom. The van der Waals surface area contributed by atoms with Crippen molar-refractivity contribution in [2.45, 2.75) is 6.92 Å². The summed E-state index contributed by atoms with van der Waals surface area (Å²) in [5, 5.41) is 3.23. The first kappa shape index (κ1) is 8.02. The van der Waals surface area contributed by atoms with Crippen LogP contribution in [0.5, 0.6) is 0 Å². The third-order valence-corrected chi connectivity index (χ3v) is 2.42. The van der Waals surface area contributed by atoms with Crippen LogP contribution >= 0.6 is 0 Å². The summed E-state index contributed by atoms with van der Waals surface area (Å²) in [6.07, 6.45) is 0. The van der Waals surface area contributed by atoms with Gasteiger partial charge in [0.25, 0.3) is 0 Å². The number of likely N-dealkylation sites (tertiary alicyclic amines) is 1. The van der Waals surface area contributed by atoms with Crippen LogP contribution in [0.3, 0.4) is 0 Å². The zero-order valence-electron chi connectivity index (χ0n) is 7.22. The Bertz CT molecular complexity index is 103. The normalized spacial score (nSPS) is 35.1. The smallest absolute Gasteiger partial charge is 0.00219 e. The van der Waals surface area contributed by atoms with Gasteiger partial charge in [-0.3, -0.25) is 0 Å². The Balaban J connectivity index is 2.31. The maximum Gasteiger partial charge on any atom is 0.00219 e. The van der Waals surface area contributed by atoms with Crippen LogP contribution in [0.25, 0.3) is 0 Å². The van der Waals surface area contributed by atoms with E-state index in [1.165, 1.54) is 19.6 Å². The Morgan fingerprint density at radius 1 is 1.50 bits per heavy atom. The molecule has 10 heavy (non-hydrogen) atoms. The van der Waals surface area contributed by atoms with Crippen molar-refractivity contribution >= 4 is 0 Å². The van der Waals surface area contributed by atoms with E-state index in [-0.39, 0.29) is 0 Å². The van der Waals surface area contributed by atoms with Crippen LogP contribution in [-0.2, 0) is 0 Å². The summed E-state index contributed by atoms with van der Waals surface area (Å²) in [6, 6.07) is 0. The van der Waals surface area contributed by atoms with Crippen LogP contribution in [0.4, 0.5) is 0 Å². The zero-order valence-corrected chi connectivity index (χ0v) is 7.22. The van der Waals surface area contributed by atoms with E-state index < -0.39 is 0 Å². The predicted octanol–water partition coefficient (Wildman–Crippen LogP) is 0.403. The molecule has 0 spiro atoms. The number of hydrogen-bond donors (Lipinski definition) is 1. The van der Waals surface area contributed by atoms with Gasteiger partial charge in [0, 0.05) is 13.1 Å². The van der Waals surface area contributed by atoms with E-state index in [2.05, 4.69) is 24.2 Å². The monoisotopic (exact) mass is 142 g/mol. The van der Waals surface area contributed by atoms with Crippen molar-refractivity contribution in [2.75, 3.05) is 33.7 Å². The van der Waals surface area contributed by atoms with Gasteiger partial charge in [-0.1, -0.05) is 6.92 Å². The molecule has 1 aliphatic rings. The molecule has 1 rings (SSSR count). The fourth-order valence-corrected chi connectivity index (χ4v) is 1.82. The minimum absolute atomic E-state index is 0.870. The highest BCUT2D eigenvalue weighted by Crippen LogP contribution is 2.20. The van der Waals surface area contributed by atoms with E-state index in [1.54, 1.807) is 0 Å². The maximum absolute atomic E-state index is 3.23. The van der Waals surface area contributed by atoms with Crippen LogP contribution < -0.4 is 5.32 Å². The summed E-state index contributed by atoms with van der Waals surface area (Å²) in [5.41, 5.74) is 0. The molecular weight excluding hydrogens is 124 g/mol. The highest BCUT2D eigenvalue weighted by Gasteiger charge is 2.25. The second-order valence-corrected chi connectivity index (χ2v) is 3.52. The topological polar surface area (TPSA) is 15.3 Å². The molecule has 1 heterocycles. The van der Waals surface area contributed by atoms with Gasteiger partial charge in [-0.15, -0.1) is 0 Å². The van der Waals surface area contributed by atoms with Gasteiger partial charge in [-0.05, 0) is 32.5 Å². The van der Waals surface area contributed by atoms with Crippen LogP contribution in [0.1, 0.15) is 6.92 Å². The molecule has 0 aromatic rings. The molecular formula is C8H18N2. The Morgan fingerprint density at radius 2 is 2.20 bits per heavy atom. The standard InChI is InChI=1S/C8H18N2/c1-7-5-10(3)6-8(7)4-9-2/h7-9H,4-6H2,1-3H3. The van der Waals surface area contributed by atoms with Crippen molar-refractivity contribution in [3.05, 3.63) is 0 Å². The quantitative estimate of drug-likeness (QED) is 0.600. The average Bonchev–Trinajstić information content (AvgIpc) is 2.13. The lowest BCUT2D eigenvalue weighted by Crippen LogP contribution is -2.24. The lowest BCUT2D eigenvalue weighted by molar-refractivity contribution is 0.392. The van der Waals surface area contributed by atoms with E-state index >= 15 is 0 Å². The second kappa shape index (κ2) is 3.35. The average molecular weight is 142 g/mol. The van der Waals surface area contributed by atoms with Gasteiger partial charge in [0.15, 0.2) is 0 Å². The molecule has 2 atom stereocenters.